The Kier molecular flexibility index (Phi) is 7.32. The number of carbonyl (C=O) groups excluding carboxylic acids is 2. The number of thiazole rings is 1. The molecule has 5 rings (SSSR count). The van der Waals surface area contributed by atoms with E-state index < -0.39 is 48.7 Å². The third kappa shape index (κ3) is 5.00. The van der Waals surface area contributed by atoms with Gasteiger partial charge in [0.1, 0.15) is 9.97 Å². The van der Waals surface area contributed by atoms with Gasteiger partial charge in [-0.15, -0.1) is 0 Å². The Hall–Kier alpha value is -4.99. The molecule has 1 aromatic heterocycles. The molecule has 0 radical (unpaired) electrons. The number of Topliss-reactive ketones (excluding diaryl/α,β-unsaturated/α-hetero) is 1. The lowest BCUT2D eigenvalue weighted by atomic mass is 9.95. The highest BCUT2D eigenvalue weighted by Crippen LogP contribution is 2.45. The van der Waals surface area contributed by atoms with Gasteiger partial charge >= 0.3 is 5.91 Å². The van der Waals surface area contributed by atoms with Crippen molar-refractivity contribution in [3.05, 3.63) is 121 Å². The van der Waals surface area contributed by atoms with Crippen LogP contribution in [0.2, 0.25) is 5.02 Å². The lowest BCUT2D eigenvalue weighted by molar-refractivity contribution is -0.385. The average molecular weight is 627 g/mol. The molecule has 0 bridgehead atoms. The second-order valence-electron chi connectivity index (χ2n) is 8.74. The number of ketones is 1. The smallest absolute Gasteiger partial charge is 0.301 e. The van der Waals surface area contributed by atoms with Crippen LogP contribution in [0, 0.1) is 20.2 Å². The predicted octanol–water partition coefficient (Wildman–Crippen LogP) is 5.07. The number of hydrogen-bond acceptors (Lipinski definition) is 11. The number of benzene rings is 3. The van der Waals surface area contributed by atoms with E-state index >= 15 is 0 Å². The molecule has 0 aliphatic carbocycles. The van der Waals surface area contributed by atoms with Crippen molar-refractivity contribution in [2.24, 2.45) is 0 Å². The zero-order valence-corrected chi connectivity index (χ0v) is 23.2. The average Bonchev–Trinajstić information content (AvgIpc) is 3.56. The van der Waals surface area contributed by atoms with Gasteiger partial charge in [-0.25, -0.2) is 13.4 Å². The van der Waals surface area contributed by atoms with Gasteiger partial charge in [0.25, 0.3) is 17.2 Å². The van der Waals surface area contributed by atoms with Gasteiger partial charge in [-0.2, -0.15) is 0 Å². The van der Waals surface area contributed by atoms with E-state index in [4.69, 9.17) is 11.6 Å². The summed E-state index contributed by atoms with van der Waals surface area (Å²) >= 11 is 6.46. The van der Waals surface area contributed by atoms with Crippen molar-refractivity contribution in [1.82, 2.24) is 4.98 Å². The summed E-state index contributed by atoms with van der Waals surface area (Å²) in [5.41, 5.74) is -0.870. The van der Waals surface area contributed by atoms with Crippen LogP contribution in [0.3, 0.4) is 0 Å². The first-order chi connectivity index (χ1) is 19.9. The van der Waals surface area contributed by atoms with E-state index in [-0.39, 0.29) is 36.7 Å². The molecule has 212 valence electrons. The van der Waals surface area contributed by atoms with Crippen LogP contribution in [0.4, 0.5) is 16.5 Å². The van der Waals surface area contributed by atoms with Gasteiger partial charge in [0.05, 0.1) is 32.6 Å². The van der Waals surface area contributed by atoms with Crippen LogP contribution < -0.4 is 4.90 Å². The Morgan fingerprint density at radius 1 is 0.952 bits per heavy atom. The second-order valence-corrected chi connectivity index (χ2v) is 12.4. The molecule has 4 aromatic rings. The third-order valence-electron chi connectivity index (χ3n) is 6.26. The number of nitrogens with zero attached hydrogens (tertiary/aromatic N) is 4. The maximum atomic E-state index is 13.4. The maximum absolute atomic E-state index is 13.4. The molecular formula is C26H15ClN4O9S2. The molecule has 1 aliphatic heterocycles. The SMILES string of the molecule is O=C1C(=O)N(c2ncc(S(=O)(=O)c3ccc([N+](=O)[O-])cc3)s2)[C@@H](c2cccc([N+](=O)[O-])c2)C1=C(O)c1ccc(Cl)cc1. The van der Waals surface area contributed by atoms with Crippen molar-refractivity contribution < 1.29 is 33.0 Å². The van der Waals surface area contributed by atoms with Gasteiger partial charge in [-0.05, 0) is 42.0 Å². The monoisotopic (exact) mass is 626 g/mol. The normalized spacial score (nSPS) is 16.5. The lowest BCUT2D eigenvalue weighted by Gasteiger charge is -2.22. The molecule has 0 unspecified atom stereocenters. The Labute approximate surface area is 245 Å². The summed E-state index contributed by atoms with van der Waals surface area (Å²) in [4.78, 5) is 52.4. The predicted molar refractivity (Wildman–Crippen MR) is 150 cm³/mol. The highest BCUT2D eigenvalue weighted by Gasteiger charge is 2.48. The van der Waals surface area contributed by atoms with Crippen molar-refractivity contribution in [3.8, 4) is 0 Å². The number of sulfone groups is 1. The molecule has 1 saturated heterocycles. The summed E-state index contributed by atoms with van der Waals surface area (Å²) in [6, 6.07) is 13.5. The first kappa shape index (κ1) is 28.5. The van der Waals surface area contributed by atoms with Crippen LogP contribution in [0.15, 0.2) is 93.7 Å². The number of nitro groups is 2. The molecular weight excluding hydrogens is 612 g/mol. The van der Waals surface area contributed by atoms with E-state index in [1.807, 2.05) is 0 Å². The Morgan fingerprint density at radius 2 is 1.60 bits per heavy atom. The van der Waals surface area contributed by atoms with Gasteiger partial charge in [0, 0.05) is 34.9 Å². The van der Waals surface area contributed by atoms with Crippen LogP contribution >= 0.6 is 22.9 Å². The van der Waals surface area contributed by atoms with E-state index in [1.165, 1.54) is 42.5 Å². The van der Waals surface area contributed by atoms with Crippen LogP contribution in [0.1, 0.15) is 17.2 Å². The van der Waals surface area contributed by atoms with Crippen molar-refractivity contribution in [2.45, 2.75) is 15.1 Å². The molecule has 42 heavy (non-hydrogen) atoms. The molecule has 1 aliphatic rings. The summed E-state index contributed by atoms with van der Waals surface area (Å²) in [7, 11) is -4.25. The zero-order valence-electron chi connectivity index (χ0n) is 20.8. The van der Waals surface area contributed by atoms with E-state index in [9.17, 15) is 43.3 Å². The second kappa shape index (κ2) is 10.8. The third-order valence-corrected chi connectivity index (χ3v) is 9.74. The number of halogens is 1. The molecule has 16 heteroatoms. The van der Waals surface area contributed by atoms with Crippen molar-refractivity contribution in [3.63, 3.8) is 0 Å². The number of aliphatic hydroxyl groups is 1. The van der Waals surface area contributed by atoms with Gasteiger partial charge in [-0.3, -0.25) is 34.7 Å². The first-order valence-corrected chi connectivity index (χ1v) is 14.3. The summed E-state index contributed by atoms with van der Waals surface area (Å²) in [6.45, 7) is 0. The Morgan fingerprint density at radius 3 is 2.21 bits per heavy atom. The summed E-state index contributed by atoms with van der Waals surface area (Å²) in [6.07, 6.45) is 0.958. The minimum absolute atomic E-state index is 0.0777. The van der Waals surface area contributed by atoms with E-state index in [0.717, 1.165) is 41.4 Å². The summed E-state index contributed by atoms with van der Waals surface area (Å²) in [5.74, 6) is -2.87. The Bertz CT molecular complexity index is 1920. The molecule has 1 N–H and O–H groups in total. The van der Waals surface area contributed by atoms with Crippen LogP contribution in [-0.4, -0.2) is 40.0 Å². The fraction of sp³-hybridized carbons (Fsp3) is 0.0385. The van der Waals surface area contributed by atoms with E-state index in [2.05, 4.69) is 4.98 Å². The molecule has 0 spiro atoms. The van der Waals surface area contributed by atoms with Crippen LogP contribution in [-0.2, 0) is 19.4 Å². The fourth-order valence-corrected chi connectivity index (χ4v) is 6.94. The van der Waals surface area contributed by atoms with E-state index in [1.54, 1.807) is 0 Å². The first-order valence-electron chi connectivity index (χ1n) is 11.7. The highest BCUT2D eigenvalue weighted by molar-refractivity contribution is 7.93. The zero-order chi connectivity index (χ0) is 30.3. The number of aliphatic hydroxyl groups excluding tert-OH is 1. The number of anilines is 1. The summed E-state index contributed by atoms with van der Waals surface area (Å²) < 4.78 is 26.1. The molecule has 2 heterocycles. The van der Waals surface area contributed by atoms with Crippen molar-refractivity contribution in [2.75, 3.05) is 4.90 Å². The molecule has 3 aromatic carbocycles. The van der Waals surface area contributed by atoms with Crippen molar-refractivity contribution in [1.29, 1.82) is 0 Å². The minimum atomic E-state index is -4.25. The minimum Gasteiger partial charge on any atom is -0.507 e. The molecule has 1 amide bonds. The molecule has 0 saturated carbocycles. The van der Waals surface area contributed by atoms with Gasteiger partial charge in [-0.1, -0.05) is 35.1 Å². The number of carbonyl (C=O) groups is 2. The van der Waals surface area contributed by atoms with Gasteiger partial charge < -0.3 is 5.11 Å². The largest absolute Gasteiger partial charge is 0.507 e. The van der Waals surface area contributed by atoms with Crippen LogP contribution in [0.5, 0.6) is 0 Å². The highest BCUT2D eigenvalue weighted by atomic mass is 35.5. The number of hydrogen-bond donors (Lipinski definition) is 1. The maximum Gasteiger partial charge on any atom is 0.301 e. The topological polar surface area (TPSA) is 191 Å². The van der Waals surface area contributed by atoms with Gasteiger partial charge in [0.2, 0.25) is 9.84 Å². The molecule has 1 fully saturated rings. The summed E-state index contributed by atoms with van der Waals surface area (Å²) in [5, 5.41) is 33.7. The number of nitro benzene ring substituents is 2. The van der Waals surface area contributed by atoms with Crippen LogP contribution in [0.25, 0.3) is 5.76 Å². The van der Waals surface area contributed by atoms with E-state index in [0.29, 0.717) is 16.4 Å². The quantitative estimate of drug-likeness (QED) is 0.0952. The lowest BCUT2D eigenvalue weighted by Crippen LogP contribution is -2.29. The molecule has 1 atom stereocenters. The Balaban J connectivity index is 1.65. The number of aromatic nitrogens is 1. The standard InChI is InChI=1S/C26H15ClN4O9S2/c27-16-6-4-14(5-7-16)23(32)21-22(15-2-1-3-18(12-15)31(37)38)29(25(34)24(21)33)26-28-13-20(41-26)42(39,40)19-10-8-17(9-11-19)30(35)36/h1-13,22,32H/t22-/m0/s1. The van der Waals surface area contributed by atoms with Gasteiger partial charge in [0.15, 0.2) is 5.13 Å². The number of amides is 1. The number of non-ortho nitro benzene ring substituents is 2. The van der Waals surface area contributed by atoms with Crippen molar-refractivity contribution >= 4 is 66.7 Å². The number of rotatable bonds is 7. The molecule has 13 nitrogen and oxygen atoms in total. The fourth-order valence-electron chi connectivity index (χ4n) is 4.27.